The fourth-order valence-corrected chi connectivity index (χ4v) is 1.91. The number of nitrogens with zero attached hydrogens (tertiary/aromatic N) is 1. The summed E-state index contributed by atoms with van der Waals surface area (Å²) >= 11 is 3.32. The Morgan fingerprint density at radius 1 is 1.63 bits per heavy atom. The number of aromatic nitrogens is 1. The molecule has 1 N–H and O–H groups in total. The summed E-state index contributed by atoms with van der Waals surface area (Å²) < 4.78 is 5.98. The predicted molar refractivity (Wildman–Crippen MR) is 78.9 cm³/mol. The number of halogens is 1. The van der Waals surface area contributed by atoms with Gasteiger partial charge in [-0.2, -0.15) is 0 Å². The monoisotopic (exact) mass is 326 g/mol. The van der Waals surface area contributed by atoms with Crippen molar-refractivity contribution >= 4 is 22.0 Å². The second-order valence-electron chi connectivity index (χ2n) is 5.14. The van der Waals surface area contributed by atoms with Gasteiger partial charge in [-0.25, -0.2) is 9.78 Å². The van der Waals surface area contributed by atoms with Crippen molar-refractivity contribution in [2.24, 2.45) is 0 Å². The second kappa shape index (κ2) is 6.70. The van der Waals surface area contributed by atoms with Gasteiger partial charge in [0.2, 0.25) is 0 Å². The lowest BCUT2D eigenvalue weighted by molar-refractivity contribution is 0.0504. The fraction of sp³-hybridized carbons (Fsp3) is 0.429. The number of alkyl carbamates (subject to hydrolysis) is 1. The van der Waals surface area contributed by atoms with Gasteiger partial charge < -0.3 is 10.1 Å². The molecule has 19 heavy (non-hydrogen) atoms. The number of carbonyl (C=O) groups is 1. The van der Waals surface area contributed by atoms with E-state index in [2.05, 4.69) is 32.8 Å². The van der Waals surface area contributed by atoms with Gasteiger partial charge in [-0.1, -0.05) is 6.08 Å². The highest BCUT2D eigenvalue weighted by atomic mass is 79.9. The molecule has 0 aliphatic heterocycles. The molecule has 0 bridgehead atoms. The van der Waals surface area contributed by atoms with Crippen LogP contribution < -0.4 is 5.32 Å². The number of hydrogen-bond acceptors (Lipinski definition) is 3. The fourth-order valence-electron chi connectivity index (χ4n) is 1.53. The zero-order valence-electron chi connectivity index (χ0n) is 11.4. The van der Waals surface area contributed by atoms with Crippen molar-refractivity contribution in [2.75, 3.05) is 0 Å². The SMILES string of the molecule is C=CCC(NC(=O)OC(C)(C)C)c1ccnc(Br)c1. The van der Waals surface area contributed by atoms with Crippen LogP contribution in [0.15, 0.2) is 35.6 Å². The lowest BCUT2D eigenvalue weighted by Gasteiger charge is -2.23. The minimum atomic E-state index is -0.512. The number of amides is 1. The van der Waals surface area contributed by atoms with Gasteiger partial charge in [0.1, 0.15) is 10.2 Å². The van der Waals surface area contributed by atoms with E-state index in [9.17, 15) is 4.79 Å². The van der Waals surface area contributed by atoms with E-state index >= 15 is 0 Å². The van der Waals surface area contributed by atoms with Crippen LogP contribution in [0.25, 0.3) is 0 Å². The van der Waals surface area contributed by atoms with Crippen LogP contribution in [0.4, 0.5) is 4.79 Å². The Labute approximate surface area is 122 Å². The molecule has 0 radical (unpaired) electrons. The molecule has 0 spiro atoms. The summed E-state index contributed by atoms with van der Waals surface area (Å²) in [6, 6.07) is 3.55. The van der Waals surface area contributed by atoms with Crippen LogP contribution in [0, 0.1) is 0 Å². The van der Waals surface area contributed by atoms with E-state index < -0.39 is 11.7 Å². The summed E-state index contributed by atoms with van der Waals surface area (Å²) in [6.45, 7) is 9.21. The average Bonchev–Trinajstić information content (AvgIpc) is 2.26. The zero-order chi connectivity index (χ0) is 14.5. The van der Waals surface area contributed by atoms with Crippen LogP contribution in [-0.4, -0.2) is 16.7 Å². The lowest BCUT2D eigenvalue weighted by atomic mass is 10.1. The number of carbonyl (C=O) groups excluding carboxylic acids is 1. The van der Waals surface area contributed by atoms with Crippen LogP contribution in [0.2, 0.25) is 0 Å². The van der Waals surface area contributed by atoms with Gasteiger partial charge in [0.05, 0.1) is 6.04 Å². The molecule has 104 valence electrons. The molecule has 1 unspecified atom stereocenters. The molecule has 1 rings (SSSR count). The highest BCUT2D eigenvalue weighted by Gasteiger charge is 2.20. The molecular weight excluding hydrogens is 308 g/mol. The highest BCUT2D eigenvalue weighted by Crippen LogP contribution is 2.20. The van der Waals surface area contributed by atoms with Crippen molar-refractivity contribution in [3.63, 3.8) is 0 Å². The van der Waals surface area contributed by atoms with E-state index in [0.29, 0.717) is 6.42 Å². The Bertz CT molecular complexity index is 455. The molecule has 1 amide bonds. The van der Waals surface area contributed by atoms with Crippen LogP contribution >= 0.6 is 15.9 Å². The van der Waals surface area contributed by atoms with E-state index in [4.69, 9.17) is 4.74 Å². The summed E-state index contributed by atoms with van der Waals surface area (Å²) in [5.74, 6) is 0. The van der Waals surface area contributed by atoms with Crippen LogP contribution in [0.1, 0.15) is 38.8 Å². The van der Waals surface area contributed by atoms with Gasteiger partial charge in [0.25, 0.3) is 0 Å². The van der Waals surface area contributed by atoms with Gasteiger partial charge in [0.15, 0.2) is 0 Å². The van der Waals surface area contributed by atoms with Crippen LogP contribution in [-0.2, 0) is 4.74 Å². The molecule has 4 nitrogen and oxygen atoms in total. The Morgan fingerprint density at radius 3 is 2.84 bits per heavy atom. The maximum absolute atomic E-state index is 11.8. The van der Waals surface area contributed by atoms with E-state index in [-0.39, 0.29) is 6.04 Å². The van der Waals surface area contributed by atoms with Crippen LogP contribution in [0.3, 0.4) is 0 Å². The predicted octanol–water partition coefficient (Wildman–Crippen LogP) is 3.99. The molecule has 0 saturated heterocycles. The number of ether oxygens (including phenoxy) is 1. The Kier molecular flexibility index (Phi) is 5.54. The van der Waals surface area contributed by atoms with Crippen LogP contribution in [0.5, 0.6) is 0 Å². The standard InChI is InChI=1S/C14H19BrN2O2/c1-5-6-11(10-7-8-16-12(15)9-10)17-13(18)19-14(2,3)4/h5,7-9,11H,1,6H2,2-4H3,(H,17,18). The Morgan fingerprint density at radius 2 is 2.32 bits per heavy atom. The molecule has 1 aromatic rings. The third kappa shape index (κ3) is 5.87. The van der Waals surface area contributed by atoms with E-state index in [1.165, 1.54) is 0 Å². The van der Waals surface area contributed by atoms with Gasteiger partial charge in [-0.05, 0) is 60.8 Å². The van der Waals surface area contributed by atoms with Crippen molar-refractivity contribution in [3.05, 3.63) is 41.2 Å². The van der Waals surface area contributed by atoms with Crippen molar-refractivity contribution in [3.8, 4) is 0 Å². The first-order valence-electron chi connectivity index (χ1n) is 6.03. The molecule has 0 saturated carbocycles. The van der Waals surface area contributed by atoms with Gasteiger partial charge in [-0.15, -0.1) is 6.58 Å². The molecule has 0 aromatic carbocycles. The number of pyridine rings is 1. The van der Waals surface area contributed by atoms with Gasteiger partial charge >= 0.3 is 6.09 Å². The number of nitrogens with one attached hydrogen (secondary N) is 1. The molecule has 0 aliphatic rings. The van der Waals surface area contributed by atoms with E-state index in [1.54, 1.807) is 12.3 Å². The van der Waals surface area contributed by atoms with Gasteiger partial charge in [-0.3, -0.25) is 0 Å². The molecule has 1 aromatic heterocycles. The lowest BCUT2D eigenvalue weighted by Crippen LogP contribution is -2.34. The molecule has 5 heteroatoms. The van der Waals surface area contributed by atoms with E-state index in [0.717, 1.165) is 10.2 Å². The summed E-state index contributed by atoms with van der Waals surface area (Å²) in [5, 5.41) is 2.84. The van der Waals surface area contributed by atoms with Crippen molar-refractivity contribution in [1.82, 2.24) is 10.3 Å². The average molecular weight is 327 g/mol. The number of rotatable bonds is 4. The van der Waals surface area contributed by atoms with Crippen molar-refractivity contribution < 1.29 is 9.53 Å². The first-order chi connectivity index (χ1) is 8.81. The van der Waals surface area contributed by atoms with Crippen molar-refractivity contribution in [2.45, 2.75) is 38.8 Å². The first kappa shape index (κ1) is 15.7. The Balaban J connectivity index is 2.78. The molecule has 0 aliphatic carbocycles. The second-order valence-corrected chi connectivity index (χ2v) is 5.95. The molecule has 1 atom stereocenters. The third-order valence-corrected chi connectivity index (χ3v) is 2.68. The maximum Gasteiger partial charge on any atom is 0.408 e. The molecule has 0 fully saturated rings. The quantitative estimate of drug-likeness (QED) is 0.672. The minimum absolute atomic E-state index is 0.174. The zero-order valence-corrected chi connectivity index (χ0v) is 13.0. The molecule has 1 heterocycles. The maximum atomic E-state index is 11.8. The largest absolute Gasteiger partial charge is 0.444 e. The number of hydrogen-bond donors (Lipinski definition) is 1. The third-order valence-electron chi connectivity index (χ3n) is 2.25. The summed E-state index contributed by atoms with van der Waals surface area (Å²) in [4.78, 5) is 15.9. The Hall–Kier alpha value is -1.36. The summed E-state index contributed by atoms with van der Waals surface area (Å²) in [6.07, 6.45) is 3.63. The highest BCUT2D eigenvalue weighted by molar-refractivity contribution is 9.10. The normalized spacial score (nSPS) is 12.6. The van der Waals surface area contributed by atoms with Gasteiger partial charge in [0, 0.05) is 6.20 Å². The minimum Gasteiger partial charge on any atom is -0.444 e. The summed E-state index contributed by atoms with van der Waals surface area (Å²) in [5.41, 5.74) is 0.439. The topological polar surface area (TPSA) is 51.2 Å². The van der Waals surface area contributed by atoms with Crippen molar-refractivity contribution in [1.29, 1.82) is 0 Å². The molecular formula is C14H19BrN2O2. The van der Waals surface area contributed by atoms with E-state index in [1.807, 2.05) is 32.9 Å². The summed E-state index contributed by atoms with van der Waals surface area (Å²) in [7, 11) is 0. The smallest absolute Gasteiger partial charge is 0.408 e. The first-order valence-corrected chi connectivity index (χ1v) is 6.83.